The number of halogens is 12. The van der Waals surface area contributed by atoms with Crippen LogP contribution in [-0.2, 0) is 125 Å². The van der Waals surface area contributed by atoms with Crippen molar-refractivity contribution in [3.8, 4) is 0 Å². The van der Waals surface area contributed by atoms with Crippen molar-refractivity contribution in [3.05, 3.63) is 0 Å². The normalized spacial score (nSPS) is 3.90. The van der Waals surface area contributed by atoms with Crippen LogP contribution in [-0.4, -0.2) is 68.9 Å². The van der Waals surface area contributed by atoms with Gasteiger partial charge in [0.05, 0.1) is 0 Å². The maximum atomic E-state index is 8.45. The molecule has 0 aliphatic heterocycles. The van der Waals surface area contributed by atoms with Gasteiger partial charge in [0.2, 0.25) is 0 Å². The first-order valence-corrected chi connectivity index (χ1v) is 9.25. The van der Waals surface area contributed by atoms with Crippen LogP contribution in [0, 0.1) is 0 Å². The quantitative estimate of drug-likeness (QED) is 0.253. The third kappa shape index (κ3) is 24600. The number of hydrogen-bond acceptors (Lipinski definition) is 12. The Hall–Kier alpha value is 1.55. The fourth-order valence-electron chi connectivity index (χ4n) is 0. The zero-order chi connectivity index (χ0) is 32.5. The van der Waals surface area contributed by atoms with Gasteiger partial charge in [-0.3, -0.25) is 0 Å². The van der Waals surface area contributed by atoms with Gasteiger partial charge >= 0.3 is 67.1 Å². The van der Waals surface area contributed by atoms with Crippen molar-refractivity contribution in [1.29, 1.82) is 0 Å². The van der Waals surface area contributed by atoms with E-state index in [4.69, 9.17) is 57.5 Å². The molecule has 0 atom stereocenters. The molecule has 0 aliphatic rings. The molecule has 40 heavy (non-hydrogen) atoms. The number of rotatable bonds is 0. The Labute approximate surface area is 329 Å². The van der Waals surface area contributed by atoms with Gasteiger partial charge in [-0.15, -0.1) is 0 Å². The molecule has 0 spiro atoms. The predicted molar refractivity (Wildman–Crippen MR) is 139 cm³/mol. The van der Waals surface area contributed by atoms with E-state index in [-0.39, 0.29) is 67.1 Å². The Kier molecular flexibility index (Phi) is 904. The summed E-state index contributed by atoms with van der Waals surface area (Å²) in [5.74, 6) is 11.7. The molecule has 12 nitrogen and oxygen atoms in total. The zero-order valence-electron chi connectivity index (χ0n) is 16.8. The molecule has 0 unspecified atom stereocenters. The van der Waals surface area contributed by atoms with Gasteiger partial charge in [0.25, 0.3) is 0 Å². The van der Waals surface area contributed by atoms with Crippen molar-refractivity contribution in [2.75, 3.05) is 0 Å². The molecule has 0 N–H and O–H groups in total. The molecular formula is C12Cl12Co4O12. The van der Waals surface area contributed by atoms with Crippen molar-refractivity contribution in [2.24, 2.45) is 0 Å². The third-order valence-electron chi connectivity index (χ3n) is 0. The Bertz CT molecular complexity index is 295. The predicted octanol–water partition coefficient (Wildman–Crippen LogP) is 3.50. The van der Waals surface area contributed by atoms with E-state index < -0.39 is 0 Å². The smallest absolute Gasteiger partial charge is 0.525 e. The van der Waals surface area contributed by atoms with E-state index in [1.807, 2.05) is 0 Å². The second-order valence-corrected chi connectivity index (χ2v) is 2.78. The largest absolute Gasteiger partial charge is 3.00 e. The molecule has 0 bridgehead atoms. The van der Waals surface area contributed by atoms with Gasteiger partial charge in [0.15, 0.2) is 0 Å². The molecule has 0 aromatic heterocycles. The van der Waals surface area contributed by atoms with Crippen LogP contribution in [0.15, 0.2) is 0 Å². The van der Waals surface area contributed by atoms with E-state index in [1.54, 1.807) is 0 Å². The third-order valence-corrected chi connectivity index (χ3v) is 0. The van der Waals surface area contributed by atoms with Gasteiger partial charge in [0, 0.05) is 0 Å². The molecule has 0 radical (unpaired) electrons. The zero-order valence-corrected chi connectivity index (χ0v) is 30.0. The van der Waals surface area contributed by atoms with E-state index in [0.717, 1.165) is 68.9 Å². The number of carbonyl (C=O) groups excluding carboxylic acids is 12. The van der Waals surface area contributed by atoms with Gasteiger partial charge in [-0.2, -0.15) is 68.9 Å². The van der Waals surface area contributed by atoms with Crippen molar-refractivity contribution in [3.63, 3.8) is 0 Å². The Morgan fingerprint density at radius 2 is 0.175 bits per heavy atom. The minimum atomic E-state index is 0. The monoisotopic (exact) mass is 991 g/mol. The fraction of sp³-hybridized carbons (Fsp3) is 0. The Balaban J connectivity index is -0.0000000111. The van der Waals surface area contributed by atoms with Crippen LogP contribution in [0.25, 0.3) is 0 Å². The second-order valence-electron chi connectivity index (χ2n) is 0.926. The maximum Gasteiger partial charge on any atom is 3.00 e. The summed E-state index contributed by atoms with van der Waals surface area (Å²) in [5, 5.41) is 0. The van der Waals surface area contributed by atoms with Crippen molar-refractivity contribution in [1.82, 2.24) is 0 Å². The molecule has 0 aliphatic carbocycles. The van der Waals surface area contributed by atoms with Gasteiger partial charge in [0.1, 0.15) is 0 Å². The van der Waals surface area contributed by atoms with Crippen LogP contribution < -0.4 is 0 Å². The summed E-state index contributed by atoms with van der Waals surface area (Å²) in [7, 11) is 0. The van der Waals surface area contributed by atoms with Crippen LogP contribution in [0.2, 0.25) is 0 Å². The van der Waals surface area contributed by atoms with Gasteiger partial charge in [-0.05, 0) is 0 Å². The first-order valence-electron chi connectivity index (χ1n) is 4.72. The second kappa shape index (κ2) is 346. The minimum Gasteiger partial charge on any atom is -0.525 e. The van der Waals surface area contributed by atoms with Crippen LogP contribution >= 0.6 is 139 Å². The summed E-state index contributed by atoms with van der Waals surface area (Å²) in [4.78, 5) is 101. The molecule has 0 amide bonds. The van der Waals surface area contributed by atoms with Crippen LogP contribution in [0.1, 0.15) is 0 Å². The Morgan fingerprint density at radius 1 is 0.175 bits per heavy atom. The van der Waals surface area contributed by atoms with Crippen LogP contribution in [0.5, 0.6) is 0 Å². The summed E-state index contributed by atoms with van der Waals surface area (Å²) in [6.07, 6.45) is 0. The molecule has 0 fully saturated rings. The Morgan fingerprint density at radius 3 is 0.175 bits per heavy atom. The van der Waals surface area contributed by atoms with Gasteiger partial charge in [-0.25, -0.2) is 0 Å². The first kappa shape index (κ1) is 105. The topological polar surface area (TPSA) is 205 Å². The van der Waals surface area contributed by atoms with E-state index in [2.05, 4.69) is 139 Å². The van der Waals surface area contributed by atoms with Crippen molar-refractivity contribution in [2.45, 2.75) is 0 Å². The molecule has 0 saturated heterocycles. The summed E-state index contributed by atoms with van der Waals surface area (Å²) in [5.41, 5.74) is 0. The molecule has 0 aromatic rings. The summed E-state index contributed by atoms with van der Waals surface area (Å²) in [6, 6.07) is 0. The first-order chi connectivity index (χ1) is 17.0. The summed E-state index contributed by atoms with van der Waals surface area (Å²) >= 11 is 50.3. The SMILES string of the molecule is O=[C-]Cl.O=[C-]Cl.O=[C-]Cl.O=[C-]Cl.O=[C-]Cl.O=[C-]Cl.O=[C-]Cl.O=[C-]Cl.O=[C-]Cl.O=[C-]Cl.O=[C-]Cl.O=[C-]Cl.[Co+3].[Co+3].[Co+3].[Co+3]. The van der Waals surface area contributed by atoms with E-state index in [0.29, 0.717) is 0 Å². The molecule has 28 heteroatoms. The number of hydrogen-bond donors (Lipinski definition) is 0. The standard InChI is InChI=1S/12CClO.4Co/c12*2-1-3;;;;/q12*-1;4*+3. The van der Waals surface area contributed by atoms with Gasteiger partial charge < -0.3 is 197 Å². The molecule has 240 valence electrons. The van der Waals surface area contributed by atoms with Crippen LogP contribution in [0.4, 0.5) is 0 Å². The van der Waals surface area contributed by atoms with Crippen LogP contribution in [0.3, 0.4) is 0 Å². The van der Waals surface area contributed by atoms with E-state index in [1.165, 1.54) is 0 Å². The molecular weight excluding hydrogens is 997 g/mol. The van der Waals surface area contributed by atoms with E-state index >= 15 is 0 Å². The summed E-state index contributed by atoms with van der Waals surface area (Å²) < 4.78 is 0. The molecule has 0 rings (SSSR count). The maximum absolute atomic E-state index is 8.45. The average molecular weight is 997 g/mol. The van der Waals surface area contributed by atoms with Gasteiger partial charge in [-0.1, -0.05) is 0 Å². The minimum absolute atomic E-state index is 0. The molecule has 0 aromatic carbocycles. The van der Waals surface area contributed by atoms with E-state index in [9.17, 15) is 0 Å². The van der Waals surface area contributed by atoms with Crippen molar-refractivity contribution >= 4 is 208 Å². The van der Waals surface area contributed by atoms with Crippen molar-refractivity contribution < 1.29 is 125 Å². The fourth-order valence-corrected chi connectivity index (χ4v) is 0. The molecule has 0 saturated carbocycles. The molecule has 0 heterocycles. The average Bonchev–Trinajstić information content (AvgIpc) is 2.75. The summed E-state index contributed by atoms with van der Waals surface area (Å²) in [6.45, 7) is 0.